The number of nitrogens with two attached hydrogens (primary N) is 1. The van der Waals surface area contributed by atoms with E-state index < -0.39 is 5.41 Å². The lowest BCUT2D eigenvalue weighted by Crippen LogP contribution is -2.46. The molecule has 3 rings (SSSR count). The zero-order valence-electron chi connectivity index (χ0n) is 15.0. The van der Waals surface area contributed by atoms with Crippen molar-refractivity contribution in [1.82, 2.24) is 4.90 Å². The average Bonchev–Trinajstić information content (AvgIpc) is 2.68. The largest absolute Gasteiger partial charge is 0.381 e. The van der Waals surface area contributed by atoms with E-state index in [1.165, 1.54) is 0 Å². The number of morpholine rings is 1. The van der Waals surface area contributed by atoms with Crippen LogP contribution in [0.15, 0.2) is 18.2 Å². The predicted octanol–water partition coefficient (Wildman–Crippen LogP) is 1.93. The van der Waals surface area contributed by atoms with Crippen molar-refractivity contribution < 1.29 is 19.1 Å². The predicted molar refractivity (Wildman–Crippen MR) is 106 cm³/mol. The Labute approximate surface area is 169 Å². The van der Waals surface area contributed by atoms with E-state index in [0.717, 1.165) is 0 Å². The summed E-state index contributed by atoms with van der Waals surface area (Å²) in [5.74, 6) is -0.259. The number of halogens is 2. The number of hydrogen-bond acceptors (Lipinski definition) is 5. The zero-order valence-corrected chi connectivity index (χ0v) is 16.6. The monoisotopic (exact) mass is 417 g/mol. The third-order valence-corrected chi connectivity index (χ3v) is 5.39. The Morgan fingerprint density at radius 3 is 2.37 bits per heavy atom. The lowest BCUT2D eigenvalue weighted by atomic mass is 9.79. The first-order valence-electron chi connectivity index (χ1n) is 8.81. The van der Waals surface area contributed by atoms with Crippen LogP contribution in [0.3, 0.4) is 0 Å². The van der Waals surface area contributed by atoms with E-state index in [0.29, 0.717) is 68.6 Å². The summed E-state index contributed by atoms with van der Waals surface area (Å²) in [7, 11) is 0. The van der Waals surface area contributed by atoms with Gasteiger partial charge in [0, 0.05) is 38.5 Å². The highest BCUT2D eigenvalue weighted by Gasteiger charge is 2.38. The summed E-state index contributed by atoms with van der Waals surface area (Å²) in [5, 5.41) is 3.20. The Bertz CT molecular complexity index is 675. The van der Waals surface area contributed by atoms with Crippen LogP contribution in [0.25, 0.3) is 0 Å². The number of nitrogens with zero attached hydrogens (tertiary/aromatic N) is 1. The first kappa shape index (κ1) is 21.9. The molecule has 2 saturated heterocycles. The molecule has 27 heavy (non-hydrogen) atoms. The summed E-state index contributed by atoms with van der Waals surface area (Å²) in [6, 6.07) is 4.95. The molecule has 9 heteroatoms. The highest BCUT2D eigenvalue weighted by atomic mass is 35.5. The Morgan fingerprint density at radius 2 is 1.78 bits per heavy atom. The lowest BCUT2D eigenvalue weighted by molar-refractivity contribution is -0.130. The molecule has 0 aromatic heterocycles. The van der Waals surface area contributed by atoms with Gasteiger partial charge in [0.2, 0.25) is 5.91 Å². The number of carbonyl (C=O) groups excluding carboxylic acids is 2. The molecule has 2 aliphatic heterocycles. The number of amides is 2. The van der Waals surface area contributed by atoms with Crippen molar-refractivity contribution in [3.8, 4) is 0 Å². The van der Waals surface area contributed by atoms with Gasteiger partial charge < -0.3 is 25.4 Å². The second-order valence-electron chi connectivity index (χ2n) is 6.65. The molecule has 1 aromatic rings. The first-order chi connectivity index (χ1) is 12.6. The van der Waals surface area contributed by atoms with Crippen molar-refractivity contribution in [2.45, 2.75) is 12.8 Å². The van der Waals surface area contributed by atoms with Crippen LogP contribution in [-0.2, 0) is 14.3 Å². The normalized spacial score (nSPS) is 19.1. The first-order valence-corrected chi connectivity index (χ1v) is 9.19. The number of ether oxygens (including phenoxy) is 2. The van der Waals surface area contributed by atoms with E-state index >= 15 is 0 Å². The van der Waals surface area contributed by atoms with E-state index in [2.05, 4.69) is 5.32 Å². The number of benzene rings is 1. The molecule has 3 N–H and O–H groups in total. The minimum atomic E-state index is -0.618. The molecule has 0 atom stereocenters. The molecule has 2 amide bonds. The zero-order chi connectivity index (χ0) is 18.6. The fourth-order valence-corrected chi connectivity index (χ4v) is 3.51. The van der Waals surface area contributed by atoms with Crippen molar-refractivity contribution in [3.05, 3.63) is 28.8 Å². The Balaban J connectivity index is 0.00000261. The lowest BCUT2D eigenvalue weighted by Gasteiger charge is -2.34. The molecule has 0 saturated carbocycles. The number of anilines is 1. The topological polar surface area (TPSA) is 93.9 Å². The maximum Gasteiger partial charge on any atom is 0.255 e. The SMILES string of the molecule is Cl.NCC1(C(=O)Nc2ccc(C(=O)N3CCOCC3)c(Cl)c2)CCOCC1. The highest BCUT2D eigenvalue weighted by molar-refractivity contribution is 6.34. The molecule has 2 aliphatic rings. The number of hydrogen-bond donors (Lipinski definition) is 2. The van der Waals surface area contributed by atoms with E-state index in [1.54, 1.807) is 23.1 Å². The maximum atomic E-state index is 12.7. The van der Waals surface area contributed by atoms with Gasteiger partial charge in [0.1, 0.15) is 0 Å². The van der Waals surface area contributed by atoms with Crippen molar-refractivity contribution in [3.63, 3.8) is 0 Å². The van der Waals surface area contributed by atoms with Gasteiger partial charge in [-0.25, -0.2) is 0 Å². The number of rotatable bonds is 4. The second kappa shape index (κ2) is 9.71. The quantitative estimate of drug-likeness (QED) is 0.780. The van der Waals surface area contributed by atoms with Crippen molar-refractivity contribution in [1.29, 1.82) is 0 Å². The van der Waals surface area contributed by atoms with Gasteiger partial charge in [-0.1, -0.05) is 11.6 Å². The molecule has 0 radical (unpaired) electrons. The summed E-state index contributed by atoms with van der Waals surface area (Å²) in [4.78, 5) is 27.0. The van der Waals surface area contributed by atoms with E-state index in [9.17, 15) is 9.59 Å². The third kappa shape index (κ3) is 4.92. The van der Waals surface area contributed by atoms with E-state index in [1.807, 2.05) is 0 Å². The Kier molecular flexibility index (Phi) is 7.88. The van der Waals surface area contributed by atoms with Gasteiger partial charge in [0.05, 0.1) is 29.2 Å². The van der Waals surface area contributed by atoms with Gasteiger partial charge in [-0.05, 0) is 31.0 Å². The van der Waals surface area contributed by atoms with Gasteiger partial charge >= 0.3 is 0 Å². The van der Waals surface area contributed by atoms with Crippen molar-refractivity contribution in [2.24, 2.45) is 11.1 Å². The average molecular weight is 418 g/mol. The van der Waals surface area contributed by atoms with Crippen molar-refractivity contribution >= 4 is 41.5 Å². The molecule has 2 fully saturated rings. The fraction of sp³-hybridized carbons (Fsp3) is 0.556. The summed E-state index contributed by atoms with van der Waals surface area (Å²) >= 11 is 6.31. The molecular weight excluding hydrogens is 393 g/mol. The fourth-order valence-electron chi connectivity index (χ4n) is 3.25. The molecule has 0 bridgehead atoms. The Hall–Kier alpha value is -1.38. The summed E-state index contributed by atoms with van der Waals surface area (Å²) in [6.07, 6.45) is 1.19. The molecule has 2 heterocycles. The van der Waals surface area contributed by atoms with Crippen LogP contribution in [0.5, 0.6) is 0 Å². The van der Waals surface area contributed by atoms with Crippen LogP contribution in [0.4, 0.5) is 5.69 Å². The van der Waals surface area contributed by atoms with Gasteiger partial charge in [0.25, 0.3) is 5.91 Å². The molecule has 7 nitrogen and oxygen atoms in total. The van der Waals surface area contributed by atoms with Gasteiger partial charge in [0.15, 0.2) is 0 Å². The standard InChI is InChI=1S/C18H24ClN3O4.ClH/c19-15-11-13(21-17(24)18(12-20)3-7-25-8-4-18)1-2-14(15)16(23)22-5-9-26-10-6-22;/h1-2,11H,3-10,12,20H2,(H,21,24);1H. The summed E-state index contributed by atoms with van der Waals surface area (Å²) in [6.45, 7) is 3.48. The van der Waals surface area contributed by atoms with Gasteiger partial charge in [-0.3, -0.25) is 9.59 Å². The number of carbonyl (C=O) groups is 2. The smallest absolute Gasteiger partial charge is 0.255 e. The van der Waals surface area contributed by atoms with Crippen LogP contribution < -0.4 is 11.1 Å². The maximum absolute atomic E-state index is 12.7. The van der Waals surface area contributed by atoms with Gasteiger partial charge in [-0.2, -0.15) is 0 Å². The summed E-state index contributed by atoms with van der Waals surface area (Å²) < 4.78 is 10.6. The van der Waals surface area contributed by atoms with Crippen molar-refractivity contribution in [2.75, 3.05) is 51.4 Å². The van der Waals surface area contributed by atoms with E-state index in [4.69, 9.17) is 26.8 Å². The molecule has 0 aliphatic carbocycles. The van der Waals surface area contributed by atoms with Crippen LogP contribution in [0.2, 0.25) is 5.02 Å². The molecule has 0 unspecified atom stereocenters. The third-order valence-electron chi connectivity index (χ3n) is 5.08. The molecular formula is C18H25Cl2N3O4. The van der Waals surface area contributed by atoms with Crippen LogP contribution in [0.1, 0.15) is 23.2 Å². The second-order valence-corrected chi connectivity index (χ2v) is 7.06. The van der Waals surface area contributed by atoms with Crippen LogP contribution in [-0.4, -0.2) is 62.8 Å². The number of nitrogens with one attached hydrogen (secondary N) is 1. The van der Waals surface area contributed by atoms with E-state index in [-0.39, 0.29) is 30.8 Å². The van der Waals surface area contributed by atoms with Crippen LogP contribution in [0, 0.1) is 5.41 Å². The molecule has 150 valence electrons. The van der Waals surface area contributed by atoms with Gasteiger partial charge in [-0.15, -0.1) is 12.4 Å². The summed E-state index contributed by atoms with van der Waals surface area (Å²) in [5.41, 5.74) is 6.22. The Morgan fingerprint density at radius 1 is 1.15 bits per heavy atom. The minimum absolute atomic E-state index is 0. The van der Waals surface area contributed by atoms with Crippen LogP contribution >= 0.6 is 24.0 Å². The molecule has 1 aromatic carbocycles. The molecule has 0 spiro atoms. The minimum Gasteiger partial charge on any atom is -0.381 e. The highest BCUT2D eigenvalue weighted by Crippen LogP contribution is 2.31.